The van der Waals surface area contributed by atoms with Crippen molar-refractivity contribution in [2.45, 2.75) is 10.8 Å². The van der Waals surface area contributed by atoms with E-state index in [0.717, 1.165) is 32.0 Å². The van der Waals surface area contributed by atoms with Crippen LogP contribution in [-0.2, 0) is 5.75 Å². The van der Waals surface area contributed by atoms with E-state index in [1.165, 1.54) is 16.3 Å². The molecule has 2 aromatic heterocycles. The zero-order chi connectivity index (χ0) is 18.9. The molecule has 2 heterocycles. The summed E-state index contributed by atoms with van der Waals surface area (Å²) < 4.78 is 2.89. The monoisotopic (exact) mass is 446 g/mol. The molecule has 4 nitrogen and oxygen atoms in total. The largest absolute Gasteiger partial charge is 0.229 e. The van der Waals surface area contributed by atoms with E-state index in [1.807, 2.05) is 35.1 Å². The molecule has 3 aromatic carbocycles. The van der Waals surface area contributed by atoms with Gasteiger partial charge >= 0.3 is 0 Å². The molecule has 0 fully saturated rings. The quantitative estimate of drug-likeness (QED) is 0.250. The number of hydrogen-bond donors (Lipinski definition) is 0. The van der Waals surface area contributed by atoms with Crippen molar-refractivity contribution in [1.82, 2.24) is 19.7 Å². The minimum Gasteiger partial charge on any atom is -0.229 e. The van der Waals surface area contributed by atoms with Crippen molar-refractivity contribution in [3.63, 3.8) is 0 Å². The summed E-state index contributed by atoms with van der Waals surface area (Å²) in [6, 6.07) is 22.9. The van der Waals surface area contributed by atoms with Crippen LogP contribution in [0.2, 0.25) is 0 Å². The SMILES string of the molecule is Brc1ccc(-n2ncc3c(SCc4cccc5ccccc45)ncnc32)cc1. The molecule has 0 saturated heterocycles. The molecule has 0 bridgehead atoms. The van der Waals surface area contributed by atoms with Gasteiger partial charge in [-0.25, -0.2) is 14.6 Å². The van der Waals surface area contributed by atoms with Gasteiger partial charge in [-0.15, -0.1) is 11.8 Å². The van der Waals surface area contributed by atoms with E-state index in [2.05, 4.69) is 73.5 Å². The van der Waals surface area contributed by atoms with Crippen LogP contribution in [0.1, 0.15) is 5.56 Å². The second-order valence-electron chi connectivity index (χ2n) is 6.38. The first-order chi connectivity index (χ1) is 13.8. The van der Waals surface area contributed by atoms with Gasteiger partial charge in [0.2, 0.25) is 0 Å². The Bertz CT molecular complexity index is 1280. The van der Waals surface area contributed by atoms with Crippen LogP contribution in [0.15, 0.2) is 88.8 Å². The van der Waals surface area contributed by atoms with Crippen molar-refractivity contribution in [2.24, 2.45) is 0 Å². The van der Waals surface area contributed by atoms with Crippen LogP contribution in [-0.4, -0.2) is 19.7 Å². The number of thioether (sulfide) groups is 1. The van der Waals surface area contributed by atoms with Gasteiger partial charge in [-0.2, -0.15) is 5.10 Å². The highest BCUT2D eigenvalue weighted by Crippen LogP contribution is 2.30. The average molecular weight is 447 g/mol. The summed E-state index contributed by atoms with van der Waals surface area (Å²) in [4.78, 5) is 8.98. The third-order valence-electron chi connectivity index (χ3n) is 4.64. The molecular formula is C22H15BrN4S. The zero-order valence-electron chi connectivity index (χ0n) is 14.8. The van der Waals surface area contributed by atoms with Gasteiger partial charge in [-0.3, -0.25) is 0 Å². The molecule has 0 aliphatic carbocycles. The Morgan fingerprint density at radius 1 is 0.857 bits per heavy atom. The molecule has 136 valence electrons. The first-order valence-electron chi connectivity index (χ1n) is 8.84. The summed E-state index contributed by atoms with van der Waals surface area (Å²) >= 11 is 5.19. The lowest BCUT2D eigenvalue weighted by atomic mass is 10.1. The number of aromatic nitrogens is 4. The standard InChI is InChI=1S/C22H15BrN4S/c23-17-8-10-18(11-9-17)27-21-20(12-26-27)22(25-14-24-21)28-13-16-6-3-5-15-4-1-2-7-19(15)16/h1-12,14H,13H2. The fourth-order valence-corrected chi connectivity index (χ4v) is 4.50. The summed E-state index contributed by atoms with van der Waals surface area (Å²) in [5.41, 5.74) is 3.09. The first kappa shape index (κ1) is 17.4. The zero-order valence-corrected chi connectivity index (χ0v) is 17.2. The Balaban J connectivity index is 1.49. The van der Waals surface area contributed by atoms with E-state index < -0.39 is 0 Å². The molecule has 28 heavy (non-hydrogen) atoms. The first-order valence-corrected chi connectivity index (χ1v) is 10.6. The molecule has 0 radical (unpaired) electrons. The van der Waals surface area contributed by atoms with Crippen LogP contribution in [0.3, 0.4) is 0 Å². The van der Waals surface area contributed by atoms with Crippen molar-refractivity contribution >= 4 is 49.5 Å². The molecule has 5 aromatic rings. The summed E-state index contributed by atoms with van der Waals surface area (Å²) in [6.45, 7) is 0. The smallest absolute Gasteiger partial charge is 0.167 e. The van der Waals surface area contributed by atoms with Gasteiger partial charge < -0.3 is 0 Å². The number of hydrogen-bond acceptors (Lipinski definition) is 4. The van der Waals surface area contributed by atoms with Crippen molar-refractivity contribution in [1.29, 1.82) is 0 Å². The molecule has 0 saturated carbocycles. The van der Waals surface area contributed by atoms with Crippen molar-refractivity contribution in [3.8, 4) is 5.69 Å². The van der Waals surface area contributed by atoms with E-state index in [1.54, 1.807) is 18.1 Å². The Morgan fingerprint density at radius 3 is 2.57 bits per heavy atom. The van der Waals surface area contributed by atoms with Crippen LogP contribution in [0.5, 0.6) is 0 Å². The van der Waals surface area contributed by atoms with E-state index in [0.29, 0.717) is 0 Å². The predicted octanol–water partition coefficient (Wildman–Crippen LogP) is 6.02. The van der Waals surface area contributed by atoms with Crippen LogP contribution in [0.25, 0.3) is 27.5 Å². The van der Waals surface area contributed by atoms with E-state index in [-0.39, 0.29) is 0 Å². The Morgan fingerprint density at radius 2 is 1.68 bits per heavy atom. The maximum atomic E-state index is 4.55. The highest BCUT2D eigenvalue weighted by Gasteiger charge is 2.12. The fourth-order valence-electron chi connectivity index (χ4n) is 3.27. The van der Waals surface area contributed by atoms with Gasteiger partial charge in [0.1, 0.15) is 11.4 Å². The lowest BCUT2D eigenvalue weighted by Gasteiger charge is -2.07. The number of benzene rings is 3. The van der Waals surface area contributed by atoms with Gasteiger partial charge in [0, 0.05) is 10.2 Å². The lowest BCUT2D eigenvalue weighted by Crippen LogP contribution is -1.97. The fraction of sp³-hybridized carbons (Fsp3) is 0.0455. The maximum Gasteiger partial charge on any atom is 0.167 e. The van der Waals surface area contributed by atoms with Crippen molar-refractivity contribution in [3.05, 3.63) is 89.3 Å². The minimum absolute atomic E-state index is 0.817. The highest BCUT2D eigenvalue weighted by atomic mass is 79.9. The molecular weight excluding hydrogens is 432 g/mol. The normalized spacial score (nSPS) is 11.3. The number of halogens is 1. The average Bonchev–Trinajstić information content (AvgIpc) is 3.17. The van der Waals surface area contributed by atoms with Crippen LogP contribution < -0.4 is 0 Å². The Kier molecular flexibility index (Phi) is 4.58. The number of fused-ring (bicyclic) bond motifs is 2. The molecule has 0 N–H and O–H groups in total. The molecule has 0 atom stereocenters. The summed E-state index contributed by atoms with van der Waals surface area (Å²) in [7, 11) is 0. The number of nitrogens with zero attached hydrogens (tertiary/aromatic N) is 4. The summed E-state index contributed by atoms with van der Waals surface area (Å²) in [5.74, 6) is 0.844. The molecule has 0 spiro atoms. The second kappa shape index (κ2) is 7.37. The van der Waals surface area contributed by atoms with Gasteiger partial charge in [0.05, 0.1) is 17.3 Å². The Hall–Kier alpha value is -2.70. The molecule has 0 amide bonds. The molecule has 5 rings (SSSR count). The highest BCUT2D eigenvalue weighted by molar-refractivity contribution is 9.10. The van der Waals surface area contributed by atoms with Crippen LogP contribution in [0.4, 0.5) is 0 Å². The van der Waals surface area contributed by atoms with Gasteiger partial charge in [0.15, 0.2) is 5.65 Å². The van der Waals surface area contributed by atoms with E-state index in [4.69, 9.17) is 0 Å². The predicted molar refractivity (Wildman–Crippen MR) is 118 cm³/mol. The topological polar surface area (TPSA) is 43.6 Å². The van der Waals surface area contributed by atoms with E-state index >= 15 is 0 Å². The van der Waals surface area contributed by atoms with Gasteiger partial charge in [-0.05, 0) is 40.6 Å². The van der Waals surface area contributed by atoms with Gasteiger partial charge in [0.25, 0.3) is 0 Å². The van der Waals surface area contributed by atoms with Gasteiger partial charge in [-0.1, -0.05) is 58.4 Å². The molecule has 0 unspecified atom stereocenters. The third-order valence-corrected chi connectivity index (χ3v) is 6.23. The lowest BCUT2D eigenvalue weighted by molar-refractivity contribution is 0.893. The molecule has 0 aliphatic rings. The number of rotatable bonds is 4. The Labute approximate surface area is 174 Å². The minimum atomic E-state index is 0.817. The van der Waals surface area contributed by atoms with Crippen LogP contribution in [0, 0.1) is 0 Å². The summed E-state index contributed by atoms with van der Waals surface area (Å²) in [5, 5.41) is 9.01. The van der Waals surface area contributed by atoms with Crippen molar-refractivity contribution < 1.29 is 0 Å². The third kappa shape index (κ3) is 3.19. The van der Waals surface area contributed by atoms with E-state index in [9.17, 15) is 0 Å². The second-order valence-corrected chi connectivity index (χ2v) is 8.26. The molecule has 0 aliphatic heterocycles. The summed E-state index contributed by atoms with van der Waals surface area (Å²) in [6.07, 6.45) is 3.47. The van der Waals surface area contributed by atoms with Crippen molar-refractivity contribution in [2.75, 3.05) is 0 Å². The maximum absolute atomic E-state index is 4.55. The van der Waals surface area contributed by atoms with Crippen LogP contribution >= 0.6 is 27.7 Å². The molecule has 6 heteroatoms.